The van der Waals surface area contributed by atoms with Crippen molar-refractivity contribution in [3.63, 3.8) is 0 Å². The Morgan fingerprint density at radius 1 is 1.11 bits per heavy atom. The molecule has 2 atom stereocenters. The molecule has 0 spiro atoms. The van der Waals surface area contributed by atoms with E-state index in [0.29, 0.717) is 23.4 Å². The molecule has 2 aromatic rings. The van der Waals surface area contributed by atoms with Crippen molar-refractivity contribution < 1.29 is 27.1 Å². The summed E-state index contributed by atoms with van der Waals surface area (Å²) in [6.07, 6.45) is 2.42. The number of hydrogen-bond acceptors (Lipinski definition) is 5. The van der Waals surface area contributed by atoms with Crippen LogP contribution in [0.2, 0.25) is 5.02 Å². The molecule has 8 nitrogen and oxygen atoms in total. The van der Waals surface area contributed by atoms with Gasteiger partial charge in [-0.2, -0.15) is 0 Å². The first-order chi connectivity index (χ1) is 17.9. The van der Waals surface area contributed by atoms with Gasteiger partial charge in [0.2, 0.25) is 21.8 Å². The van der Waals surface area contributed by atoms with Crippen molar-refractivity contribution in [1.82, 2.24) is 10.2 Å². The number of amides is 2. The Balaban J connectivity index is 2.24. The summed E-state index contributed by atoms with van der Waals surface area (Å²) in [4.78, 5) is 28.0. The van der Waals surface area contributed by atoms with Gasteiger partial charge >= 0.3 is 0 Å². The maximum Gasteiger partial charge on any atom is 0.243 e. The van der Waals surface area contributed by atoms with Crippen LogP contribution in [0.4, 0.5) is 10.1 Å². The number of methoxy groups -OCH3 is 1. The summed E-state index contributed by atoms with van der Waals surface area (Å²) in [6, 6.07) is 9.64. The predicted molar refractivity (Wildman–Crippen MR) is 148 cm³/mol. The largest absolute Gasteiger partial charge is 0.495 e. The molecular formula is C27H37ClFN3O5S. The maximum absolute atomic E-state index is 13.5. The molecule has 2 aromatic carbocycles. The van der Waals surface area contributed by atoms with Crippen LogP contribution in [0.5, 0.6) is 5.75 Å². The summed E-state index contributed by atoms with van der Waals surface area (Å²) in [6.45, 7) is 5.83. The number of sulfonamides is 1. The second-order valence-corrected chi connectivity index (χ2v) is 11.5. The second kappa shape index (κ2) is 14.3. The van der Waals surface area contributed by atoms with E-state index >= 15 is 0 Å². The lowest BCUT2D eigenvalue weighted by atomic mass is 10.1. The fourth-order valence-electron chi connectivity index (χ4n) is 3.96. The third kappa shape index (κ3) is 8.87. The summed E-state index contributed by atoms with van der Waals surface area (Å²) in [5.74, 6) is -0.547. The maximum atomic E-state index is 13.5. The lowest BCUT2D eigenvalue weighted by Gasteiger charge is -2.32. The van der Waals surface area contributed by atoms with Crippen molar-refractivity contribution in [1.29, 1.82) is 0 Å². The van der Waals surface area contributed by atoms with Gasteiger partial charge in [0, 0.05) is 25.6 Å². The molecular weight excluding hydrogens is 533 g/mol. The predicted octanol–water partition coefficient (Wildman–Crippen LogP) is 4.76. The average Bonchev–Trinajstić information content (AvgIpc) is 2.86. The highest BCUT2D eigenvalue weighted by atomic mass is 35.5. The van der Waals surface area contributed by atoms with Gasteiger partial charge in [-0.15, -0.1) is 0 Å². The van der Waals surface area contributed by atoms with Gasteiger partial charge in [-0.05, 0) is 62.1 Å². The lowest BCUT2D eigenvalue weighted by Crippen LogP contribution is -2.50. The SMILES string of the molecule is CC[C@@H](C)NC(=O)[C@@H](CC)N(Cc1ccc(F)cc1)C(=O)CCCN(c1ccc(OC)c(Cl)c1)S(C)(=O)=O. The van der Waals surface area contributed by atoms with Crippen LogP contribution in [-0.4, -0.2) is 57.1 Å². The number of carbonyl (C=O) groups is 2. The van der Waals surface area contributed by atoms with Crippen LogP contribution in [0.25, 0.3) is 0 Å². The van der Waals surface area contributed by atoms with Gasteiger partial charge < -0.3 is 15.0 Å². The Kier molecular flexibility index (Phi) is 11.8. The lowest BCUT2D eigenvalue weighted by molar-refractivity contribution is -0.141. The number of nitrogens with zero attached hydrogens (tertiary/aromatic N) is 2. The average molecular weight is 570 g/mol. The Hall–Kier alpha value is -2.85. The van der Waals surface area contributed by atoms with Crippen LogP contribution in [0.3, 0.4) is 0 Å². The van der Waals surface area contributed by atoms with Crippen molar-refractivity contribution >= 4 is 39.1 Å². The first-order valence-electron chi connectivity index (χ1n) is 12.6. The second-order valence-electron chi connectivity index (χ2n) is 9.15. The van der Waals surface area contributed by atoms with Crippen LogP contribution in [0.15, 0.2) is 42.5 Å². The molecule has 0 aliphatic carbocycles. The molecule has 0 aliphatic heterocycles. The van der Waals surface area contributed by atoms with Crippen molar-refractivity contribution in [2.45, 2.75) is 65.1 Å². The van der Waals surface area contributed by atoms with Crippen molar-refractivity contribution in [3.8, 4) is 5.75 Å². The van der Waals surface area contributed by atoms with Gasteiger partial charge in [-0.3, -0.25) is 13.9 Å². The normalized spacial score (nSPS) is 12.9. The molecule has 0 radical (unpaired) electrons. The van der Waals surface area contributed by atoms with Crippen LogP contribution < -0.4 is 14.4 Å². The quantitative estimate of drug-likeness (QED) is 0.354. The van der Waals surface area contributed by atoms with Gasteiger partial charge in [0.15, 0.2) is 0 Å². The van der Waals surface area contributed by atoms with Gasteiger partial charge in [0.1, 0.15) is 17.6 Å². The molecule has 0 bridgehead atoms. The number of nitrogens with one attached hydrogen (secondary N) is 1. The van der Waals surface area contributed by atoms with E-state index in [1.54, 1.807) is 24.3 Å². The minimum Gasteiger partial charge on any atom is -0.495 e. The monoisotopic (exact) mass is 569 g/mol. The summed E-state index contributed by atoms with van der Waals surface area (Å²) in [7, 11) is -2.20. The number of anilines is 1. The van der Waals surface area contributed by atoms with E-state index in [1.165, 1.54) is 34.5 Å². The number of benzene rings is 2. The first-order valence-corrected chi connectivity index (χ1v) is 14.8. The molecule has 11 heteroatoms. The molecule has 0 saturated carbocycles. The third-order valence-electron chi connectivity index (χ3n) is 6.23. The smallest absolute Gasteiger partial charge is 0.243 e. The molecule has 0 saturated heterocycles. The number of hydrogen-bond donors (Lipinski definition) is 1. The van der Waals surface area contributed by atoms with E-state index in [4.69, 9.17) is 16.3 Å². The summed E-state index contributed by atoms with van der Waals surface area (Å²) in [5.41, 5.74) is 1.04. The zero-order valence-corrected chi connectivity index (χ0v) is 24.1. The van der Waals surface area contributed by atoms with Gasteiger partial charge in [-0.1, -0.05) is 37.6 Å². The molecule has 210 valence electrons. The molecule has 0 fully saturated rings. The Bertz CT molecular complexity index is 1190. The van der Waals surface area contributed by atoms with Gasteiger partial charge in [-0.25, -0.2) is 12.8 Å². The third-order valence-corrected chi connectivity index (χ3v) is 7.72. The summed E-state index contributed by atoms with van der Waals surface area (Å²) < 4.78 is 44.8. The minimum atomic E-state index is -3.67. The highest BCUT2D eigenvalue weighted by Gasteiger charge is 2.29. The van der Waals surface area contributed by atoms with Crippen LogP contribution >= 0.6 is 11.6 Å². The number of carbonyl (C=O) groups excluding carboxylic acids is 2. The minimum absolute atomic E-state index is 0.00418. The van der Waals surface area contributed by atoms with E-state index in [-0.39, 0.29) is 48.8 Å². The zero-order valence-electron chi connectivity index (χ0n) is 22.5. The molecule has 2 amide bonds. The van der Waals surface area contributed by atoms with Crippen molar-refractivity contribution in [2.75, 3.05) is 24.2 Å². The Labute approximate surface area is 230 Å². The van der Waals surface area contributed by atoms with Crippen molar-refractivity contribution in [3.05, 3.63) is 58.9 Å². The van der Waals surface area contributed by atoms with E-state index in [2.05, 4.69) is 5.32 Å². The topological polar surface area (TPSA) is 96.0 Å². The number of rotatable bonds is 14. The first kappa shape index (κ1) is 31.4. The van der Waals surface area contributed by atoms with Crippen LogP contribution in [0, 0.1) is 5.82 Å². The molecule has 1 N–H and O–H groups in total. The number of halogens is 2. The van der Waals surface area contributed by atoms with E-state index < -0.39 is 21.9 Å². The molecule has 38 heavy (non-hydrogen) atoms. The van der Waals surface area contributed by atoms with E-state index in [1.807, 2.05) is 20.8 Å². The van der Waals surface area contributed by atoms with Gasteiger partial charge in [0.25, 0.3) is 0 Å². The standard InChI is InChI=1S/C27H37ClFN3O5S/c1-6-19(3)30-27(34)24(7-2)31(18-20-10-12-21(29)13-11-20)26(33)9-8-16-32(38(5,35)36)22-14-15-25(37-4)23(28)17-22/h10-15,17,19,24H,6-9,16,18H2,1-5H3,(H,30,34)/t19-,24-/m1/s1. The van der Waals surface area contributed by atoms with Crippen LogP contribution in [-0.2, 0) is 26.2 Å². The van der Waals surface area contributed by atoms with Gasteiger partial charge in [0.05, 0.1) is 24.1 Å². The molecule has 0 aliphatic rings. The highest BCUT2D eigenvalue weighted by molar-refractivity contribution is 7.92. The fraction of sp³-hybridized carbons (Fsp3) is 0.481. The van der Waals surface area contributed by atoms with Crippen LogP contribution in [0.1, 0.15) is 52.0 Å². The Morgan fingerprint density at radius 3 is 2.29 bits per heavy atom. The summed E-state index contributed by atoms with van der Waals surface area (Å²) >= 11 is 6.19. The van der Waals surface area contributed by atoms with E-state index in [0.717, 1.165) is 12.7 Å². The molecule has 0 unspecified atom stereocenters. The fourth-order valence-corrected chi connectivity index (χ4v) is 5.17. The Morgan fingerprint density at radius 2 is 1.76 bits per heavy atom. The highest BCUT2D eigenvalue weighted by Crippen LogP contribution is 2.30. The van der Waals surface area contributed by atoms with Crippen molar-refractivity contribution in [2.24, 2.45) is 0 Å². The summed E-state index contributed by atoms with van der Waals surface area (Å²) in [5, 5.41) is 3.20. The zero-order chi connectivity index (χ0) is 28.5. The molecule has 2 rings (SSSR count). The van der Waals surface area contributed by atoms with E-state index in [9.17, 15) is 22.4 Å². The molecule has 0 aromatic heterocycles. The number of ether oxygens (including phenoxy) is 1. The molecule has 0 heterocycles.